The Morgan fingerprint density at radius 1 is 0.385 bits per heavy atom. The van der Waals surface area contributed by atoms with E-state index in [0.717, 1.165) is 0 Å². The van der Waals surface area contributed by atoms with Crippen LogP contribution in [0.4, 0.5) is 0 Å². The number of carbonyl (C=O) groups is 6. The molecule has 402 valence electrons. The summed E-state index contributed by atoms with van der Waals surface area (Å²) in [5.41, 5.74) is 1.39. The van der Waals surface area contributed by atoms with E-state index in [9.17, 15) is 28.8 Å². The van der Waals surface area contributed by atoms with Crippen LogP contribution in [-0.4, -0.2) is 105 Å². The van der Waals surface area contributed by atoms with E-state index >= 15 is 0 Å². The van der Waals surface area contributed by atoms with Crippen LogP contribution in [0.5, 0.6) is 0 Å². The zero-order valence-corrected chi connectivity index (χ0v) is 44.3. The summed E-state index contributed by atoms with van der Waals surface area (Å²) in [5.74, 6) is -6.88. The first kappa shape index (κ1) is 57.5. The number of nitrogens with one attached hydrogen (secondary N) is 6. The van der Waals surface area contributed by atoms with Gasteiger partial charge < -0.3 is 45.6 Å². The highest BCUT2D eigenvalue weighted by Crippen LogP contribution is 2.26. The maximum Gasteiger partial charge on any atom is 0.453 e. The van der Waals surface area contributed by atoms with Gasteiger partial charge in [0.15, 0.2) is 0 Å². The van der Waals surface area contributed by atoms with Gasteiger partial charge in [0.2, 0.25) is 17.7 Å². The van der Waals surface area contributed by atoms with E-state index in [2.05, 4.69) is 61.8 Å². The lowest BCUT2D eigenvalue weighted by Crippen LogP contribution is -2.68. The van der Waals surface area contributed by atoms with E-state index in [-0.39, 0.29) is 54.1 Å². The van der Waals surface area contributed by atoms with Gasteiger partial charge in [-0.25, -0.2) is 15.0 Å². The lowest BCUT2D eigenvalue weighted by molar-refractivity contribution is -0.124. The molecule has 3 aromatic carbocycles. The molecule has 0 unspecified atom stereocenters. The average molecular weight is 1060 g/mol. The second-order valence-corrected chi connectivity index (χ2v) is 20.0. The molecule has 0 spiro atoms. The van der Waals surface area contributed by atoms with Crippen molar-refractivity contribution in [3.63, 3.8) is 0 Å². The van der Waals surface area contributed by atoms with Gasteiger partial charge in [-0.3, -0.25) is 43.7 Å². The zero-order chi connectivity index (χ0) is 55.6. The van der Waals surface area contributed by atoms with E-state index in [0.29, 0.717) is 16.7 Å². The summed E-state index contributed by atoms with van der Waals surface area (Å²) in [5, 5.41) is 17.8. The van der Waals surface area contributed by atoms with E-state index in [1.807, 2.05) is 41.5 Å². The minimum absolute atomic E-state index is 0.00570. The first-order valence-corrected chi connectivity index (χ1v) is 25.9. The minimum Gasteiger partial charge on any atom is -0.450 e. The number of benzene rings is 3. The fourth-order valence-electron chi connectivity index (χ4n) is 8.80. The molecule has 6 atom stereocenters. The normalized spacial score (nSPS) is 14.8. The van der Waals surface area contributed by atoms with Gasteiger partial charge in [-0.2, -0.15) is 0 Å². The molecule has 0 aliphatic carbocycles. The first-order chi connectivity index (χ1) is 37.6. The van der Waals surface area contributed by atoms with Gasteiger partial charge in [-0.1, -0.05) is 133 Å². The van der Waals surface area contributed by atoms with Crippen LogP contribution in [-0.2, 0) is 28.1 Å². The Labute approximate surface area is 454 Å². The Kier molecular flexibility index (Phi) is 20.8. The Hall–Kier alpha value is -8.21. The van der Waals surface area contributed by atoms with E-state index < -0.39 is 92.7 Å². The van der Waals surface area contributed by atoms with Crippen molar-refractivity contribution in [2.75, 3.05) is 0 Å². The van der Waals surface area contributed by atoms with Gasteiger partial charge >= 0.3 is 21.4 Å². The maximum absolute atomic E-state index is 14.9. The van der Waals surface area contributed by atoms with Crippen molar-refractivity contribution in [3.05, 3.63) is 181 Å². The van der Waals surface area contributed by atoms with Crippen LogP contribution < -0.4 is 31.9 Å². The molecule has 1 saturated heterocycles. The van der Waals surface area contributed by atoms with Crippen LogP contribution in [0.1, 0.15) is 127 Å². The number of hydrogen-bond acceptors (Lipinski definition) is 15. The summed E-state index contributed by atoms with van der Waals surface area (Å²) < 4.78 is 20.5. The molecule has 0 saturated carbocycles. The van der Waals surface area contributed by atoms with Gasteiger partial charge in [0.1, 0.15) is 35.2 Å². The molecule has 1 aliphatic rings. The molecule has 1 fully saturated rings. The maximum atomic E-state index is 14.9. The second-order valence-electron chi connectivity index (χ2n) is 20.0. The van der Waals surface area contributed by atoms with Gasteiger partial charge in [-0.15, -0.1) is 0 Å². The van der Waals surface area contributed by atoms with Crippen LogP contribution >= 0.6 is 0 Å². The Morgan fingerprint density at radius 3 is 0.859 bits per heavy atom. The number of aromatic nitrogens is 6. The summed E-state index contributed by atoms with van der Waals surface area (Å²) >= 11 is 0. The number of rotatable bonds is 24. The number of amides is 6. The molecule has 3 aromatic heterocycles. The van der Waals surface area contributed by atoms with Crippen LogP contribution in [0.3, 0.4) is 0 Å². The fraction of sp³-hybridized carbons (Fsp3) is 0.333. The summed E-state index contributed by atoms with van der Waals surface area (Å²) in [7, 11) is -3.98. The lowest BCUT2D eigenvalue weighted by Gasteiger charge is -2.41. The fourth-order valence-corrected chi connectivity index (χ4v) is 8.80. The monoisotopic (exact) mass is 1060 g/mol. The summed E-state index contributed by atoms with van der Waals surface area (Å²) in [4.78, 5) is 110. The summed E-state index contributed by atoms with van der Waals surface area (Å²) in [6.45, 7) is 11.7. The highest BCUT2D eigenvalue weighted by molar-refractivity contribution is 6.75. The van der Waals surface area contributed by atoms with E-state index in [1.54, 1.807) is 91.0 Å². The largest absolute Gasteiger partial charge is 0.453 e. The third-order valence-corrected chi connectivity index (χ3v) is 12.3. The summed E-state index contributed by atoms with van der Waals surface area (Å²) in [6, 6.07) is 22.4. The van der Waals surface area contributed by atoms with Crippen LogP contribution in [0.2, 0.25) is 0 Å². The molecule has 4 heterocycles. The minimum atomic E-state index is -1.33. The molecule has 78 heavy (non-hydrogen) atoms. The molecule has 1 aliphatic heterocycles. The second kappa shape index (κ2) is 28.3. The van der Waals surface area contributed by atoms with Gasteiger partial charge in [0.05, 0.1) is 36.4 Å². The number of hydrogen-bond donors (Lipinski definition) is 6. The van der Waals surface area contributed by atoms with Crippen molar-refractivity contribution in [2.24, 2.45) is 17.8 Å². The smallest absolute Gasteiger partial charge is 0.450 e. The third-order valence-electron chi connectivity index (χ3n) is 12.3. The molecular formula is C54H63B3N12O9. The van der Waals surface area contributed by atoms with E-state index in [4.69, 9.17) is 13.7 Å². The third kappa shape index (κ3) is 16.4. The molecule has 7 rings (SSSR count). The highest BCUT2D eigenvalue weighted by Gasteiger charge is 2.52. The van der Waals surface area contributed by atoms with Gasteiger partial charge in [0, 0.05) is 37.2 Å². The average Bonchev–Trinajstić information content (AvgIpc) is 3.47. The molecule has 24 heteroatoms. The molecule has 6 amide bonds. The topological polar surface area (TPSA) is 280 Å². The van der Waals surface area contributed by atoms with Crippen molar-refractivity contribution >= 4 is 56.8 Å². The van der Waals surface area contributed by atoms with Crippen molar-refractivity contribution in [2.45, 2.75) is 96.8 Å². The lowest BCUT2D eigenvalue weighted by atomic mass is 9.58. The van der Waals surface area contributed by atoms with Crippen molar-refractivity contribution < 1.29 is 42.5 Å². The molecule has 0 bridgehead atoms. The Bertz CT molecular complexity index is 2580. The quantitative estimate of drug-likeness (QED) is 0.0452. The predicted molar refractivity (Wildman–Crippen MR) is 291 cm³/mol. The van der Waals surface area contributed by atoms with Crippen molar-refractivity contribution in [1.82, 2.24) is 61.8 Å². The van der Waals surface area contributed by atoms with Crippen LogP contribution in [0, 0.1) is 17.8 Å². The molecular weight excluding hydrogens is 993 g/mol. The highest BCUT2D eigenvalue weighted by atomic mass is 16.7. The van der Waals surface area contributed by atoms with Crippen LogP contribution in [0.15, 0.2) is 147 Å². The number of nitrogens with zero attached hydrogens (tertiary/aromatic N) is 6. The van der Waals surface area contributed by atoms with Gasteiger partial charge in [0.25, 0.3) is 17.7 Å². The SMILES string of the molecule is CC(C)C[C@H](NC(=O)[C@H](NC(=O)c1cnccn1)c1ccccc1)B1OB([C@@H](CC(C)C)NC(=O)[C@H](NC(=O)c2cnccn2)c2ccccc2)OB([C@@H](CC(C)C)NC(=O)[C@H](NC(=O)c2cnccn2)c2ccccc2)O1. The van der Waals surface area contributed by atoms with Crippen LogP contribution in [0.25, 0.3) is 0 Å². The molecule has 0 radical (unpaired) electrons. The summed E-state index contributed by atoms with van der Waals surface area (Å²) in [6.07, 6.45) is 13.1. The Balaban J connectivity index is 1.27. The number of carbonyl (C=O) groups excluding carboxylic acids is 6. The molecule has 6 N–H and O–H groups in total. The molecule has 6 aromatic rings. The predicted octanol–water partition coefficient (Wildman–Crippen LogP) is 4.61. The molecule has 21 nitrogen and oxygen atoms in total. The standard InChI is InChI=1S/C54H63B3N12O9/c1-34(2)28-43(64-52(73)46(37-16-10-7-11-17-37)67-49(70)40-31-58-22-25-61-40)55-76-56(44(29-35(3)4)65-53(74)47(38-18-12-8-13-19-38)68-50(71)41-32-59-23-26-62-41)78-57(77-55)45(30-36(5)6)66-54(75)48(39-20-14-9-15-21-39)69-51(72)42-33-60-24-27-63-42/h7-27,31-36,43-48H,28-30H2,1-6H3,(H,64,73)(H,65,74)(H,66,75)(H,67,70)(H,68,71)(H,69,72)/t43-,44-,45+,46-,47-,48-/m1/s1. The van der Waals surface area contributed by atoms with E-state index in [1.165, 1.54) is 55.8 Å². The van der Waals surface area contributed by atoms with Crippen molar-refractivity contribution in [3.8, 4) is 0 Å². The zero-order valence-electron chi connectivity index (χ0n) is 44.3. The first-order valence-electron chi connectivity index (χ1n) is 25.9. The van der Waals surface area contributed by atoms with Gasteiger partial charge in [-0.05, 0) is 53.7 Å². The van der Waals surface area contributed by atoms with Crippen molar-refractivity contribution in [1.29, 1.82) is 0 Å². The Morgan fingerprint density at radius 2 is 0.641 bits per heavy atom.